The molecule has 0 spiro atoms. The van der Waals surface area contributed by atoms with Gasteiger partial charge in [-0.15, -0.1) is 0 Å². The van der Waals surface area contributed by atoms with Crippen LogP contribution < -0.4 is 9.80 Å². The van der Waals surface area contributed by atoms with Gasteiger partial charge in [-0.1, -0.05) is 12.1 Å². The first-order valence-electron chi connectivity index (χ1n) is 7.99. The summed E-state index contributed by atoms with van der Waals surface area (Å²) in [5.41, 5.74) is 4.01. The molecule has 1 amide bonds. The fourth-order valence-electron chi connectivity index (χ4n) is 2.75. The molecule has 0 bridgehead atoms. The predicted octanol–water partition coefficient (Wildman–Crippen LogP) is 4.09. The van der Waals surface area contributed by atoms with Crippen LogP contribution in [0.5, 0.6) is 0 Å². The summed E-state index contributed by atoms with van der Waals surface area (Å²) in [5, 5.41) is 0.941. The van der Waals surface area contributed by atoms with Gasteiger partial charge in [-0.05, 0) is 36.4 Å². The van der Waals surface area contributed by atoms with Crippen LogP contribution in [0.4, 0.5) is 15.8 Å². The lowest BCUT2D eigenvalue weighted by atomic mass is 10.1. The van der Waals surface area contributed by atoms with Crippen molar-refractivity contribution in [2.45, 2.75) is 6.92 Å². The minimum Gasteiger partial charge on any atom is -0.377 e. The molecule has 2 aromatic carbocycles. The van der Waals surface area contributed by atoms with Gasteiger partial charge < -0.3 is 9.80 Å². The van der Waals surface area contributed by atoms with Crippen molar-refractivity contribution in [3.8, 4) is 11.3 Å². The highest BCUT2D eigenvalue weighted by Crippen LogP contribution is 2.32. The van der Waals surface area contributed by atoms with Crippen LogP contribution in [0.3, 0.4) is 0 Å². The molecule has 3 aromatic rings. The fourth-order valence-corrected chi connectivity index (χ4v) is 2.75. The molecule has 1 heterocycles. The highest BCUT2D eigenvalue weighted by atomic mass is 19.1. The number of anilines is 2. The van der Waals surface area contributed by atoms with Crippen molar-refractivity contribution >= 4 is 28.2 Å². The second kappa shape index (κ2) is 6.51. The summed E-state index contributed by atoms with van der Waals surface area (Å²) in [6.45, 7) is 1.53. The maximum absolute atomic E-state index is 13.6. The Morgan fingerprint density at radius 2 is 1.80 bits per heavy atom. The van der Waals surface area contributed by atoms with Gasteiger partial charge in [0.05, 0.1) is 11.2 Å². The number of nitrogens with zero attached hydrogens (tertiary/aromatic N) is 3. The Balaban J connectivity index is 2.21. The summed E-state index contributed by atoms with van der Waals surface area (Å²) < 4.78 is 13.6. The van der Waals surface area contributed by atoms with E-state index in [1.807, 2.05) is 49.3 Å². The lowest BCUT2D eigenvalue weighted by molar-refractivity contribution is -0.116. The normalized spacial score (nSPS) is 10.8. The van der Waals surface area contributed by atoms with Gasteiger partial charge in [0.2, 0.25) is 5.91 Å². The Bertz CT molecular complexity index is 953. The molecule has 25 heavy (non-hydrogen) atoms. The van der Waals surface area contributed by atoms with E-state index in [1.165, 1.54) is 19.1 Å². The fraction of sp³-hybridized carbons (Fsp3) is 0.200. The highest BCUT2D eigenvalue weighted by molar-refractivity contribution is 5.99. The Labute approximate surface area is 146 Å². The third-order valence-corrected chi connectivity index (χ3v) is 4.23. The number of hydrogen-bond donors (Lipinski definition) is 0. The van der Waals surface area contributed by atoms with Crippen LogP contribution in [0.25, 0.3) is 22.2 Å². The van der Waals surface area contributed by atoms with Crippen molar-refractivity contribution in [3.05, 3.63) is 54.3 Å². The number of carbonyl (C=O) groups is 1. The number of carbonyl (C=O) groups excluding carboxylic acids is 1. The van der Waals surface area contributed by atoms with E-state index >= 15 is 0 Å². The molecule has 1 aromatic heterocycles. The molecule has 0 aliphatic heterocycles. The van der Waals surface area contributed by atoms with Crippen molar-refractivity contribution < 1.29 is 9.18 Å². The number of fused-ring (bicyclic) bond motifs is 1. The van der Waals surface area contributed by atoms with Gasteiger partial charge in [0.15, 0.2) is 0 Å². The van der Waals surface area contributed by atoms with E-state index in [0.29, 0.717) is 5.69 Å². The van der Waals surface area contributed by atoms with Crippen molar-refractivity contribution in [1.29, 1.82) is 0 Å². The van der Waals surface area contributed by atoms with E-state index in [2.05, 4.69) is 4.98 Å². The number of amides is 1. The van der Waals surface area contributed by atoms with Crippen molar-refractivity contribution in [1.82, 2.24) is 4.98 Å². The summed E-state index contributed by atoms with van der Waals surface area (Å²) in [6.07, 6.45) is 0. The number of halogens is 1. The quantitative estimate of drug-likeness (QED) is 0.722. The van der Waals surface area contributed by atoms with Crippen molar-refractivity contribution in [3.63, 3.8) is 0 Å². The molecule has 0 unspecified atom stereocenters. The lowest BCUT2D eigenvalue weighted by Crippen LogP contribution is -2.22. The predicted molar refractivity (Wildman–Crippen MR) is 101 cm³/mol. The summed E-state index contributed by atoms with van der Waals surface area (Å²) in [5.74, 6) is -0.320. The van der Waals surface area contributed by atoms with Gasteiger partial charge in [0, 0.05) is 50.4 Å². The maximum Gasteiger partial charge on any atom is 0.223 e. The number of rotatable bonds is 3. The lowest BCUT2D eigenvalue weighted by Gasteiger charge is -2.20. The molecule has 4 nitrogen and oxygen atoms in total. The number of pyridine rings is 1. The van der Waals surface area contributed by atoms with E-state index < -0.39 is 0 Å². The van der Waals surface area contributed by atoms with Crippen molar-refractivity contribution in [2.24, 2.45) is 0 Å². The summed E-state index contributed by atoms with van der Waals surface area (Å²) >= 11 is 0. The number of hydrogen-bond acceptors (Lipinski definition) is 3. The van der Waals surface area contributed by atoms with E-state index in [9.17, 15) is 9.18 Å². The van der Waals surface area contributed by atoms with Gasteiger partial charge in [-0.25, -0.2) is 9.37 Å². The topological polar surface area (TPSA) is 36.4 Å². The molecule has 0 saturated carbocycles. The SMILES string of the molecule is CC(=O)N(C)c1ccc2nc(-c3cccc(F)c3)cc(N(C)C)c2c1. The zero-order chi connectivity index (χ0) is 18.1. The monoisotopic (exact) mass is 337 g/mol. The van der Waals surface area contributed by atoms with Gasteiger partial charge in [-0.2, -0.15) is 0 Å². The second-order valence-electron chi connectivity index (χ2n) is 6.21. The Hall–Kier alpha value is -2.95. The van der Waals surface area contributed by atoms with E-state index in [0.717, 1.165) is 27.8 Å². The molecular weight excluding hydrogens is 317 g/mol. The van der Waals surface area contributed by atoms with Crippen molar-refractivity contribution in [2.75, 3.05) is 30.9 Å². The average molecular weight is 337 g/mol. The van der Waals surface area contributed by atoms with Crippen LogP contribution in [0.15, 0.2) is 48.5 Å². The minimum absolute atomic E-state index is 0.0323. The van der Waals surface area contributed by atoms with Gasteiger partial charge in [0.25, 0.3) is 0 Å². The third kappa shape index (κ3) is 3.31. The Morgan fingerprint density at radius 1 is 1.04 bits per heavy atom. The van der Waals surface area contributed by atoms with Crippen LogP contribution in [0, 0.1) is 5.82 Å². The first kappa shape index (κ1) is 16.9. The maximum atomic E-state index is 13.6. The molecule has 0 fully saturated rings. The van der Waals surface area contributed by atoms with Gasteiger partial charge in [0.1, 0.15) is 5.82 Å². The second-order valence-corrected chi connectivity index (χ2v) is 6.21. The van der Waals surface area contributed by atoms with Crippen LogP contribution in [0.1, 0.15) is 6.92 Å². The molecule has 0 atom stereocenters. The van der Waals surface area contributed by atoms with Crippen LogP contribution >= 0.6 is 0 Å². The molecule has 0 aliphatic rings. The van der Waals surface area contributed by atoms with E-state index in [1.54, 1.807) is 18.0 Å². The number of benzene rings is 2. The molecule has 5 heteroatoms. The standard InChI is InChI=1S/C20H20FN3O/c1-13(25)24(4)16-8-9-18-17(11-16)20(23(2)3)12-19(22-18)14-6-5-7-15(21)10-14/h5-12H,1-4H3. The highest BCUT2D eigenvalue weighted by Gasteiger charge is 2.13. The summed E-state index contributed by atoms with van der Waals surface area (Å²) in [7, 11) is 5.64. The Morgan fingerprint density at radius 3 is 2.44 bits per heavy atom. The molecule has 3 rings (SSSR count). The van der Waals surface area contributed by atoms with E-state index in [-0.39, 0.29) is 11.7 Å². The molecule has 0 aliphatic carbocycles. The summed E-state index contributed by atoms with van der Waals surface area (Å²) in [6, 6.07) is 14.1. The van der Waals surface area contributed by atoms with E-state index in [4.69, 9.17) is 0 Å². The first-order chi connectivity index (χ1) is 11.9. The summed E-state index contributed by atoms with van der Waals surface area (Å²) in [4.78, 5) is 19.9. The van der Waals surface area contributed by atoms with Crippen LogP contribution in [-0.2, 0) is 4.79 Å². The first-order valence-corrected chi connectivity index (χ1v) is 7.99. The zero-order valence-electron chi connectivity index (χ0n) is 14.7. The molecule has 0 N–H and O–H groups in total. The molecular formula is C20H20FN3O. The third-order valence-electron chi connectivity index (χ3n) is 4.23. The van der Waals surface area contributed by atoms with Gasteiger partial charge >= 0.3 is 0 Å². The zero-order valence-corrected chi connectivity index (χ0v) is 14.7. The van der Waals surface area contributed by atoms with Crippen LogP contribution in [0.2, 0.25) is 0 Å². The smallest absolute Gasteiger partial charge is 0.223 e. The Kier molecular flexibility index (Phi) is 4.40. The van der Waals surface area contributed by atoms with Gasteiger partial charge in [-0.3, -0.25) is 4.79 Å². The minimum atomic E-state index is -0.288. The molecule has 0 saturated heterocycles. The van der Waals surface area contributed by atoms with Crippen LogP contribution in [-0.4, -0.2) is 32.0 Å². The molecule has 128 valence electrons. The molecule has 0 radical (unpaired) electrons. The largest absolute Gasteiger partial charge is 0.377 e. The number of aromatic nitrogens is 1. The average Bonchev–Trinajstić information content (AvgIpc) is 2.59.